The number of carboxylic acids is 1. The van der Waals surface area contributed by atoms with Gasteiger partial charge in [0.05, 0.1) is 5.37 Å². The summed E-state index contributed by atoms with van der Waals surface area (Å²) in [7, 11) is 0. The van der Waals surface area contributed by atoms with Gasteiger partial charge in [-0.15, -0.1) is 0 Å². The second-order valence-electron chi connectivity index (χ2n) is 6.18. The average molecular weight is 364 g/mol. The Morgan fingerprint density at radius 1 is 1.28 bits per heavy atom. The van der Waals surface area contributed by atoms with E-state index in [0.717, 1.165) is 28.2 Å². The van der Waals surface area contributed by atoms with Gasteiger partial charge in [0, 0.05) is 0 Å². The molecule has 136 valence electrons. The van der Waals surface area contributed by atoms with Crippen LogP contribution >= 0.6 is 12.6 Å². The van der Waals surface area contributed by atoms with Gasteiger partial charge in [-0.1, -0.05) is 50.1 Å². The lowest BCUT2D eigenvalue weighted by molar-refractivity contribution is -0.138. The van der Waals surface area contributed by atoms with Gasteiger partial charge in [-0.05, 0) is 24.8 Å². The number of amides is 3. The molecular weight excluding hydrogens is 340 g/mol. The van der Waals surface area contributed by atoms with E-state index in [1.807, 2.05) is 37.3 Å². The van der Waals surface area contributed by atoms with Crippen LogP contribution in [0.15, 0.2) is 30.3 Å². The molecule has 7 heteroatoms. The molecule has 2 unspecified atom stereocenters. The molecule has 0 aromatic heterocycles. The molecule has 1 aliphatic rings. The lowest BCUT2D eigenvalue weighted by Crippen LogP contribution is -2.40. The third-order valence-electron chi connectivity index (χ3n) is 4.32. The fourth-order valence-corrected chi connectivity index (χ4v) is 3.35. The molecule has 0 saturated carbocycles. The van der Waals surface area contributed by atoms with Gasteiger partial charge in [-0.2, -0.15) is 12.6 Å². The first kappa shape index (κ1) is 19.3. The van der Waals surface area contributed by atoms with Crippen molar-refractivity contribution in [2.24, 2.45) is 0 Å². The van der Waals surface area contributed by atoms with E-state index in [9.17, 15) is 14.4 Å². The summed E-state index contributed by atoms with van der Waals surface area (Å²) < 4.78 is 0. The van der Waals surface area contributed by atoms with E-state index in [1.165, 1.54) is 0 Å². The standard InChI is InChI=1S/C18H24N2O4S/c1-2-3-9-14-17(23)20(18(24)19(14)12-16(21)22)15(25)11-10-13-7-5-4-6-8-13/h4-8,14-15,25H,2-3,9-12H2,1H3,(H,21,22). The molecule has 1 aromatic rings. The molecule has 25 heavy (non-hydrogen) atoms. The van der Waals surface area contributed by atoms with Crippen LogP contribution in [0.25, 0.3) is 0 Å². The van der Waals surface area contributed by atoms with Crippen molar-refractivity contribution in [2.75, 3.05) is 6.54 Å². The number of imide groups is 1. The van der Waals surface area contributed by atoms with E-state index < -0.39 is 30.0 Å². The van der Waals surface area contributed by atoms with Crippen molar-refractivity contribution >= 4 is 30.5 Å². The highest BCUT2D eigenvalue weighted by Gasteiger charge is 2.47. The molecule has 3 amide bonds. The summed E-state index contributed by atoms with van der Waals surface area (Å²) in [6, 6.07) is 8.51. The molecule has 1 heterocycles. The van der Waals surface area contributed by atoms with Gasteiger partial charge < -0.3 is 10.0 Å². The molecule has 2 rings (SSSR count). The molecule has 1 fully saturated rings. The first-order chi connectivity index (χ1) is 12.0. The quantitative estimate of drug-likeness (QED) is 0.522. The highest BCUT2D eigenvalue weighted by molar-refractivity contribution is 7.80. The zero-order chi connectivity index (χ0) is 18.4. The number of rotatable bonds is 9. The summed E-state index contributed by atoms with van der Waals surface area (Å²) in [5.74, 6) is -1.46. The monoisotopic (exact) mass is 364 g/mol. The second-order valence-corrected chi connectivity index (χ2v) is 6.77. The summed E-state index contributed by atoms with van der Waals surface area (Å²) in [6.45, 7) is 1.52. The maximum atomic E-state index is 12.7. The van der Waals surface area contributed by atoms with Crippen LogP contribution in [0.2, 0.25) is 0 Å². The smallest absolute Gasteiger partial charge is 0.328 e. The Kier molecular flexibility index (Phi) is 6.87. The van der Waals surface area contributed by atoms with Gasteiger partial charge in [0.1, 0.15) is 12.6 Å². The minimum atomic E-state index is -1.12. The highest BCUT2D eigenvalue weighted by atomic mass is 32.1. The molecule has 1 saturated heterocycles. The van der Waals surface area contributed by atoms with Crippen LogP contribution in [0.3, 0.4) is 0 Å². The van der Waals surface area contributed by atoms with E-state index in [-0.39, 0.29) is 5.91 Å². The van der Waals surface area contributed by atoms with Gasteiger partial charge >= 0.3 is 12.0 Å². The fourth-order valence-electron chi connectivity index (χ4n) is 3.00. The summed E-state index contributed by atoms with van der Waals surface area (Å²) in [5.41, 5.74) is 1.10. The Morgan fingerprint density at radius 3 is 2.56 bits per heavy atom. The number of benzene rings is 1. The van der Waals surface area contributed by atoms with Crippen molar-refractivity contribution in [1.82, 2.24) is 9.80 Å². The number of unbranched alkanes of at least 4 members (excludes halogenated alkanes) is 1. The van der Waals surface area contributed by atoms with Crippen molar-refractivity contribution in [3.63, 3.8) is 0 Å². The number of thiol groups is 1. The lowest BCUT2D eigenvalue weighted by atomic mass is 10.1. The van der Waals surface area contributed by atoms with E-state index in [2.05, 4.69) is 12.6 Å². The number of aryl methyl sites for hydroxylation is 1. The molecule has 1 N–H and O–H groups in total. The number of carbonyl (C=O) groups is 3. The van der Waals surface area contributed by atoms with Gasteiger partial charge in [0.15, 0.2) is 0 Å². The average Bonchev–Trinajstić information content (AvgIpc) is 2.81. The van der Waals surface area contributed by atoms with Crippen LogP contribution in [0.5, 0.6) is 0 Å². The number of aliphatic carboxylic acids is 1. The molecule has 2 atom stereocenters. The fraction of sp³-hybridized carbons (Fsp3) is 0.500. The molecule has 0 aliphatic carbocycles. The van der Waals surface area contributed by atoms with Crippen LogP contribution in [0, 0.1) is 0 Å². The van der Waals surface area contributed by atoms with Crippen molar-refractivity contribution in [1.29, 1.82) is 0 Å². The van der Waals surface area contributed by atoms with E-state index in [1.54, 1.807) is 0 Å². The first-order valence-electron chi connectivity index (χ1n) is 8.53. The largest absolute Gasteiger partial charge is 0.480 e. The van der Waals surface area contributed by atoms with Crippen molar-refractivity contribution in [3.8, 4) is 0 Å². The third-order valence-corrected chi connectivity index (χ3v) is 4.81. The van der Waals surface area contributed by atoms with E-state index in [4.69, 9.17) is 5.11 Å². The Labute approximate surface area is 153 Å². The summed E-state index contributed by atoms with van der Waals surface area (Å²) in [4.78, 5) is 38.6. The number of hydrogen-bond acceptors (Lipinski definition) is 4. The predicted octanol–water partition coefficient (Wildman–Crippen LogP) is 2.78. The molecule has 0 spiro atoms. The summed E-state index contributed by atoms with van der Waals surface area (Å²) in [6.07, 6.45) is 3.31. The Bertz CT molecular complexity index is 623. The van der Waals surface area contributed by atoms with Crippen LogP contribution in [0.4, 0.5) is 4.79 Å². The molecular formula is C18H24N2O4S. The van der Waals surface area contributed by atoms with E-state index >= 15 is 0 Å². The zero-order valence-electron chi connectivity index (χ0n) is 14.3. The van der Waals surface area contributed by atoms with Crippen LogP contribution in [0.1, 0.15) is 38.2 Å². The van der Waals surface area contributed by atoms with Gasteiger partial charge in [0.2, 0.25) is 0 Å². The SMILES string of the molecule is CCCCC1C(=O)N(C(S)CCc2ccccc2)C(=O)N1CC(=O)O. The van der Waals surface area contributed by atoms with Crippen LogP contribution < -0.4 is 0 Å². The van der Waals surface area contributed by atoms with Gasteiger partial charge in [-0.3, -0.25) is 9.59 Å². The molecule has 1 aliphatic heterocycles. The number of urea groups is 1. The number of nitrogens with zero attached hydrogens (tertiary/aromatic N) is 2. The minimum Gasteiger partial charge on any atom is -0.480 e. The normalized spacial score (nSPS) is 18.7. The third kappa shape index (κ3) is 4.75. The van der Waals surface area contributed by atoms with Gasteiger partial charge in [0.25, 0.3) is 5.91 Å². The summed E-state index contributed by atoms with van der Waals surface area (Å²) >= 11 is 4.45. The first-order valence-corrected chi connectivity index (χ1v) is 9.04. The zero-order valence-corrected chi connectivity index (χ0v) is 15.2. The maximum absolute atomic E-state index is 12.7. The van der Waals surface area contributed by atoms with Gasteiger partial charge in [-0.25, -0.2) is 9.69 Å². The van der Waals surface area contributed by atoms with Crippen molar-refractivity contribution < 1.29 is 19.5 Å². The maximum Gasteiger partial charge on any atom is 0.328 e. The molecule has 1 aromatic carbocycles. The Balaban J connectivity index is 2.08. The van der Waals surface area contributed by atoms with E-state index in [0.29, 0.717) is 19.3 Å². The molecule has 0 bridgehead atoms. The number of hydrogen-bond donors (Lipinski definition) is 2. The lowest BCUT2D eigenvalue weighted by Gasteiger charge is -2.22. The Hall–Kier alpha value is -2.02. The molecule has 6 nitrogen and oxygen atoms in total. The summed E-state index contributed by atoms with van der Waals surface area (Å²) in [5, 5.41) is 8.49. The van der Waals surface area contributed by atoms with Crippen LogP contribution in [-0.4, -0.2) is 50.8 Å². The van der Waals surface area contributed by atoms with Crippen LogP contribution in [-0.2, 0) is 16.0 Å². The second kappa shape index (κ2) is 8.89. The Morgan fingerprint density at radius 2 is 1.96 bits per heavy atom. The number of carboxylic acid groups (broad SMARTS) is 1. The minimum absolute atomic E-state index is 0.340. The topological polar surface area (TPSA) is 77.9 Å². The molecule has 0 radical (unpaired) electrons. The predicted molar refractivity (Wildman–Crippen MR) is 97.4 cm³/mol. The number of carbonyl (C=O) groups excluding carboxylic acids is 2. The van der Waals surface area contributed by atoms with Crippen molar-refractivity contribution in [2.45, 2.75) is 50.4 Å². The highest BCUT2D eigenvalue weighted by Crippen LogP contribution is 2.27. The van der Waals surface area contributed by atoms with Crippen molar-refractivity contribution in [3.05, 3.63) is 35.9 Å².